The second-order valence-electron chi connectivity index (χ2n) is 5.81. The maximum absolute atomic E-state index is 12.9. The number of ether oxygens (including phenoxy) is 1. The van der Waals surface area contributed by atoms with Crippen LogP contribution in [0.2, 0.25) is 0 Å². The number of thiazole rings is 1. The summed E-state index contributed by atoms with van der Waals surface area (Å²) in [7, 11) is 0. The molecule has 1 saturated heterocycles. The SMILES string of the molecule is CCOc1ccc(C2CCCN2C(=O)c2sc(C)nc2C)cc1. The van der Waals surface area contributed by atoms with Gasteiger partial charge in [-0.05, 0) is 51.3 Å². The lowest BCUT2D eigenvalue weighted by molar-refractivity contribution is 0.0739. The number of hydrogen-bond donors (Lipinski definition) is 0. The average Bonchev–Trinajstić information content (AvgIpc) is 3.14. The Bertz CT molecular complexity index is 694. The summed E-state index contributed by atoms with van der Waals surface area (Å²) in [5.41, 5.74) is 2.02. The Kier molecular flexibility index (Phi) is 4.66. The van der Waals surface area contributed by atoms with Crippen molar-refractivity contribution in [2.24, 2.45) is 0 Å². The molecule has 5 heteroatoms. The molecule has 0 aliphatic carbocycles. The number of likely N-dealkylation sites (tertiary alicyclic amines) is 1. The molecule has 1 atom stereocenters. The molecule has 0 bridgehead atoms. The van der Waals surface area contributed by atoms with Crippen LogP contribution in [-0.4, -0.2) is 28.9 Å². The van der Waals surface area contributed by atoms with E-state index < -0.39 is 0 Å². The van der Waals surface area contributed by atoms with E-state index in [-0.39, 0.29) is 11.9 Å². The first-order valence-electron chi connectivity index (χ1n) is 8.08. The van der Waals surface area contributed by atoms with Crippen LogP contribution in [0.5, 0.6) is 5.75 Å². The van der Waals surface area contributed by atoms with Crippen LogP contribution in [0.15, 0.2) is 24.3 Å². The van der Waals surface area contributed by atoms with Crippen molar-refractivity contribution in [3.63, 3.8) is 0 Å². The summed E-state index contributed by atoms with van der Waals surface area (Å²) in [4.78, 5) is 20.1. The van der Waals surface area contributed by atoms with Crippen LogP contribution in [0.1, 0.15) is 51.7 Å². The summed E-state index contributed by atoms with van der Waals surface area (Å²) in [6.45, 7) is 7.32. The summed E-state index contributed by atoms with van der Waals surface area (Å²) in [5, 5.41) is 0.947. The van der Waals surface area contributed by atoms with Crippen molar-refractivity contribution in [2.45, 2.75) is 39.7 Å². The second kappa shape index (κ2) is 6.71. The summed E-state index contributed by atoms with van der Waals surface area (Å²) in [6, 6.07) is 8.28. The topological polar surface area (TPSA) is 42.4 Å². The molecule has 1 unspecified atom stereocenters. The molecule has 1 aromatic carbocycles. The standard InChI is InChI=1S/C18H22N2O2S/c1-4-22-15-9-7-14(8-10-15)16-6-5-11-20(16)18(21)17-12(2)19-13(3)23-17/h7-10,16H,4-6,11H2,1-3H3. The molecule has 4 nitrogen and oxygen atoms in total. The van der Waals surface area contributed by atoms with Crippen LogP contribution < -0.4 is 4.74 Å². The van der Waals surface area contributed by atoms with E-state index in [2.05, 4.69) is 17.1 Å². The van der Waals surface area contributed by atoms with E-state index in [4.69, 9.17) is 4.74 Å². The molecule has 3 rings (SSSR count). The van der Waals surface area contributed by atoms with Gasteiger partial charge in [-0.25, -0.2) is 4.98 Å². The number of benzene rings is 1. The van der Waals surface area contributed by atoms with Crippen molar-refractivity contribution < 1.29 is 9.53 Å². The molecule has 0 saturated carbocycles. The van der Waals surface area contributed by atoms with Crippen molar-refractivity contribution in [3.05, 3.63) is 45.4 Å². The molecule has 1 aliphatic rings. The number of carbonyl (C=O) groups excluding carboxylic acids is 1. The summed E-state index contributed by atoms with van der Waals surface area (Å²) >= 11 is 1.49. The Labute approximate surface area is 141 Å². The van der Waals surface area contributed by atoms with E-state index in [0.29, 0.717) is 6.61 Å². The van der Waals surface area contributed by atoms with Crippen LogP contribution in [0.4, 0.5) is 0 Å². The fourth-order valence-electron chi connectivity index (χ4n) is 3.17. The predicted octanol–water partition coefficient (Wildman–Crippen LogP) is 4.14. The average molecular weight is 330 g/mol. The molecular weight excluding hydrogens is 308 g/mol. The van der Waals surface area contributed by atoms with Crippen LogP contribution in [0.25, 0.3) is 0 Å². The zero-order valence-corrected chi connectivity index (χ0v) is 14.7. The lowest BCUT2D eigenvalue weighted by Crippen LogP contribution is -2.30. The highest BCUT2D eigenvalue weighted by atomic mass is 32.1. The zero-order valence-electron chi connectivity index (χ0n) is 13.8. The molecule has 23 heavy (non-hydrogen) atoms. The van der Waals surface area contributed by atoms with Gasteiger partial charge in [-0.1, -0.05) is 12.1 Å². The summed E-state index contributed by atoms with van der Waals surface area (Å²) < 4.78 is 5.50. The van der Waals surface area contributed by atoms with Gasteiger partial charge >= 0.3 is 0 Å². The lowest BCUT2D eigenvalue weighted by Gasteiger charge is -2.25. The third-order valence-electron chi connectivity index (χ3n) is 4.19. The van der Waals surface area contributed by atoms with Crippen molar-refractivity contribution >= 4 is 17.2 Å². The van der Waals surface area contributed by atoms with Crippen LogP contribution >= 0.6 is 11.3 Å². The molecule has 2 heterocycles. The fraction of sp³-hybridized carbons (Fsp3) is 0.444. The molecule has 1 fully saturated rings. The zero-order chi connectivity index (χ0) is 16.4. The monoisotopic (exact) mass is 330 g/mol. The van der Waals surface area contributed by atoms with Gasteiger partial charge in [0.2, 0.25) is 0 Å². The Balaban J connectivity index is 1.82. The van der Waals surface area contributed by atoms with Gasteiger partial charge in [0.25, 0.3) is 5.91 Å². The molecule has 0 spiro atoms. The van der Waals surface area contributed by atoms with Crippen LogP contribution in [0, 0.1) is 13.8 Å². The Morgan fingerprint density at radius 1 is 1.35 bits per heavy atom. The fourth-order valence-corrected chi connectivity index (χ4v) is 4.05. The maximum atomic E-state index is 12.9. The predicted molar refractivity (Wildman–Crippen MR) is 92.2 cm³/mol. The van der Waals surface area contributed by atoms with Gasteiger partial charge in [-0.15, -0.1) is 11.3 Å². The van der Waals surface area contributed by atoms with E-state index in [0.717, 1.165) is 40.7 Å². The quantitative estimate of drug-likeness (QED) is 0.846. The highest BCUT2D eigenvalue weighted by molar-refractivity contribution is 7.13. The number of rotatable bonds is 4. The van der Waals surface area contributed by atoms with Crippen molar-refractivity contribution in [3.8, 4) is 5.75 Å². The number of aryl methyl sites for hydroxylation is 2. The minimum absolute atomic E-state index is 0.115. The molecule has 1 amide bonds. The maximum Gasteiger partial charge on any atom is 0.266 e. The Hall–Kier alpha value is -1.88. The van der Waals surface area contributed by atoms with E-state index in [1.165, 1.54) is 16.9 Å². The van der Waals surface area contributed by atoms with Gasteiger partial charge in [0.05, 0.1) is 23.4 Å². The smallest absolute Gasteiger partial charge is 0.266 e. The molecule has 122 valence electrons. The van der Waals surface area contributed by atoms with Gasteiger partial charge in [-0.2, -0.15) is 0 Å². The number of carbonyl (C=O) groups is 1. The summed E-state index contributed by atoms with van der Waals surface area (Å²) in [5.74, 6) is 0.991. The largest absolute Gasteiger partial charge is 0.494 e. The normalized spacial score (nSPS) is 17.5. The van der Waals surface area contributed by atoms with Gasteiger partial charge in [0.15, 0.2) is 0 Å². The van der Waals surface area contributed by atoms with Gasteiger partial charge in [0, 0.05) is 6.54 Å². The van der Waals surface area contributed by atoms with Crippen LogP contribution in [-0.2, 0) is 0 Å². The van der Waals surface area contributed by atoms with Gasteiger partial charge in [0.1, 0.15) is 10.6 Å². The minimum Gasteiger partial charge on any atom is -0.494 e. The number of nitrogens with zero attached hydrogens (tertiary/aromatic N) is 2. The van der Waals surface area contributed by atoms with Crippen molar-refractivity contribution in [1.82, 2.24) is 9.88 Å². The number of hydrogen-bond acceptors (Lipinski definition) is 4. The lowest BCUT2D eigenvalue weighted by atomic mass is 10.0. The Morgan fingerprint density at radius 2 is 2.09 bits per heavy atom. The highest BCUT2D eigenvalue weighted by Gasteiger charge is 2.32. The minimum atomic E-state index is 0.115. The second-order valence-corrected chi connectivity index (χ2v) is 7.01. The third-order valence-corrected chi connectivity index (χ3v) is 5.25. The number of amides is 1. The van der Waals surface area contributed by atoms with E-state index in [9.17, 15) is 4.79 Å². The van der Waals surface area contributed by atoms with Crippen molar-refractivity contribution in [2.75, 3.05) is 13.2 Å². The van der Waals surface area contributed by atoms with E-state index >= 15 is 0 Å². The summed E-state index contributed by atoms with van der Waals surface area (Å²) in [6.07, 6.45) is 2.05. The number of aromatic nitrogens is 1. The van der Waals surface area contributed by atoms with E-state index in [1.807, 2.05) is 37.8 Å². The van der Waals surface area contributed by atoms with Crippen LogP contribution in [0.3, 0.4) is 0 Å². The molecule has 0 radical (unpaired) electrons. The van der Waals surface area contributed by atoms with Crippen molar-refractivity contribution in [1.29, 1.82) is 0 Å². The van der Waals surface area contributed by atoms with Gasteiger partial charge in [-0.3, -0.25) is 4.79 Å². The van der Waals surface area contributed by atoms with E-state index in [1.54, 1.807) is 0 Å². The Morgan fingerprint density at radius 3 is 2.70 bits per heavy atom. The molecule has 2 aromatic rings. The molecule has 1 aliphatic heterocycles. The first kappa shape index (κ1) is 16.0. The first-order chi connectivity index (χ1) is 11.1. The molecule has 1 aromatic heterocycles. The molecule has 0 N–H and O–H groups in total. The van der Waals surface area contributed by atoms with Gasteiger partial charge < -0.3 is 9.64 Å². The third kappa shape index (κ3) is 3.24. The molecular formula is C18H22N2O2S. The highest BCUT2D eigenvalue weighted by Crippen LogP contribution is 2.35. The first-order valence-corrected chi connectivity index (χ1v) is 8.89.